The summed E-state index contributed by atoms with van der Waals surface area (Å²) >= 11 is 0. The van der Waals surface area contributed by atoms with Crippen molar-refractivity contribution in [2.45, 2.75) is 32.2 Å². The van der Waals surface area contributed by atoms with E-state index < -0.39 is 5.97 Å². The number of nitrogens with zero attached hydrogens (tertiary/aromatic N) is 2. The zero-order chi connectivity index (χ0) is 12.4. The summed E-state index contributed by atoms with van der Waals surface area (Å²) in [5, 5.41) is 8.72. The lowest BCUT2D eigenvalue weighted by atomic mass is 10.1. The summed E-state index contributed by atoms with van der Waals surface area (Å²) in [4.78, 5) is 26.0. The molecule has 17 heavy (non-hydrogen) atoms. The first-order valence-corrected chi connectivity index (χ1v) is 6.27. The fourth-order valence-corrected chi connectivity index (χ4v) is 2.60. The fourth-order valence-electron chi connectivity index (χ4n) is 2.60. The van der Waals surface area contributed by atoms with Crippen molar-refractivity contribution in [2.24, 2.45) is 5.92 Å². The lowest BCUT2D eigenvalue weighted by Crippen LogP contribution is -2.37. The van der Waals surface area contributed by atoms with E-state index in [0.29, 0.717) is 12.0 Å². The van der Waals surface area contributed by atoms with Crippen LogP contribution in [0.15, 0.2) is 0 Å². The Morgan fingerprint density at radius 3 is 2.59 bits per heavy atom. The Labute approximate surface area is 101 Å². The van der Waals surface area contributed by atoms with Gasteiger partial charge in [-0.15, -0.1) is 0 Å². The molecule has 0 bridgehead atoms. The Bertz CT molecular complexity index is 315. The number of amides is 1. The van der Waals surface area contributed by atoms with Crippen LogP contribution in [0.2, 0.25) is 0 Å². The van der Waals surface area contributed by atoms with E-state index in [-0.39, 0.29) is 12.5 Å². The molecule has 1 aliphatic heterocycles. The van der Waals surface area contributed by atoms with Crippen LogP contribution in [0.25, 0.3) is 0 Å². The van der Waals surface area contributed by atoms with Crippen LogP contribution in [0, 0.1) is 5.92 Å². The van der Waals surface area contributed by atoms with Gasteiger partial charge in [0.2, 0.25) is 5.91 Å². The van der Waals surface area contributed by atoms with Crippen molar-refractivity contribution < 1.29 is 14.7 Å². The second-order valence-corrected chi connectivity index (χ2v) is 5.19. The van der Waals surface area contributed by atoms with Crippen molar-refractivity contribution in [2.75, 3.05) is 26.2 Å². The van der Waals surface area contributed by atoms with Gasteiger partial charge in [-0.2, -0.15) is 0 Å². The van der Waals surface area contributed by atoms with Gasteiger partial charge in [0.1, 0.15) is 0 Å². The first kappa shape index (κ1) is 12.4. The van der Waals surface area contributed by atoms with E-state index in [1.807, 2.05) is 9.80 Å². The molecule has 2 fully saturated rings. The van der Waals surface area contributed by atoms with Crippen LogP contribution in [0.1, 0.15) is 26.2 Å². The molecule has 1 N–H and O–H groups in total. The Balaban J connectivity index is 1.79. The van der Waals surface area contributed by atoms with E-state index in [1.54, 1.807) is 6.92 Å². The number of carboxylic acids is 1. The molecule has 1 saturated carbocycles. The van der Waals surface area contributed by atoms with Crippen molar-refractivity contribution in [3.8, 4) is 0 Å². The average Bonchev–Trinajstić information content (AvgIpc) is 2.97. The highest BCUT2D eigenvalue weighted by molar-refractivity contribution is 5.74. The molecule has 5 nitrogen and oxygen atoms in total. The van der Waals surface area contributed by atoms with Crippen LogP contribution in [0.3, 0.4) is 0 Å². The molecule has 5 heteroatoms. The lowest BCUT2D eigenvalue weighted by molar-refractivity contribution is -0.138. The number of carbonyl (C=O) groups excluding carboxylic acids is 1. The van der Waals surface area contributed by atoms with Crippen molar-refractivity contribution in [1.29, 1.82) is 0 Å². The van der Waals surface area contributed by atoms with Gasteiger partial charge in [-0.3, -0.25) is 14.5 Å². The van der Waals surface area contributed by atoms with Gasteiger partial charge in [0.25, 0.3) is 0 Å². The van der Waals surface area contributed by atoms with Gasteiger partial charge in [-0.25, -0.2) is 0 Å². The largest absolute Gasteiger partial charge is 0.480 e. The zero-order valence-corrected chi connectivity index (χ0v) is 10.3. The summed E-state index contributed by atoms with van der Waals surface area (Å²) in [5.74, 6) is -0.167. The molecule has 1 atom stereocenters. The van der Waals surface area contributed by atoms with Gasteiger partial charge >= 0.3 is 5.97 Å². The zero-order valence-electron chi connectivity index (χ0n) is 10.3. The molecule has 0 aromatic rings. The van der Waals surface area contributed by atoms with Crippen LogP contribution in [-0.4, -0.2) is 59.0 Å². The number of likely N-dealkylation sites (tertiary alicyclic amines) is 1. The van der Waals surface area contributed by atoms with Gasteiger partial charge in [0.15, 0.2) is 0 Å². The third kappa shape index (κ3) is 3.43. The smallest absolute Gasteiger partial charge is 0.317 e. The lowest BCUT2D eigenvalue weighted by Gasteiger charge is -2.24. The third-order valence-electron chi connectivity index (χ3n) is 3.58. The van der Waals surface area contributed by atoms with Crippen LogP contribution in [0.5, 0.6) is 0 Å². The molecule has 0 aromatic heterocycles. The van der Waals surface area contributed by atoms with E-state index in [4.69, 9.17) is 5.11 Å². The van der Waals surface area contributed by atoms with Crippen LogP contribution in [0.4, 0.5) is 0 Å². The molecule has 1 saturated heterocycles. The number of carbonyl (C=O) groups is 2. The number of hydrogen-bond donors (Lipinski definition) is 1. The van der Waals surface area contributed by atoms with Gasteiger partial charge in [0.05, 0.1) is 6.54 Å². The monoisotopic (exact) mass is 240 g/mol. The summed E-state index contributed by atoms with van der Waals surface area (Å²) in [5.41, 5.74) is 0. The summed E-state index contributed by atoms with van der Waals surface area (Å²) in [6, 6.07) is 0.459. The highest BCUT2D eigenvalue weighted by atomic mass is 16.4. The van der Waals surface area contributed by atoms with E-state index in [2.05, 4.69) is 0 Å². The molecule has 2 rings (SSSR count). The molecule has 0 unspecified atom stereocenters. The van der Waals surface area contributed by atoms with E-state index in [9.17, 15) is 9.59 Å². The summed E-state index contributed by atoms with van der Waals surface area (Å²) < 4.78 is 0. The van der Waals surface area contributed by atoms with E-state index in [0.717, 1.165) is 38.9 Å². The molecular formula is C12H20N2O3. The Morgan fingerprint density at radius 1 is 1.35 bits per heavy atom. The summed E-state index contributed by atoms with van der Waals surface area (Å²) in [6.45, 7) is 4.20. The minimum Gasteiger partial charge on any atom is -0.480 e. The van der Waals surface area contributed by atoms with Gasteiger partial charge in [-0.1, -0.05) is 0 Å². The minimum atomic E-state index is -0.767. The SMILES string of the molecule is CC(=O)N(C[C@H]1CCN(CC(=O)O)C1)C1CC1. The number of carboxylic acid groups (broad SMARTS) is 1. The maximum absolute atomic E-state index is 11.5. The molecule has 0 spiro atoms. The fraction of sp³-hybridized carbons (Fsp3) is 0.833. The van der Waals surface area contributed by atoms with Crippen molar-refractivity contribution in [3.63, 3.8) is 0 Å². The van der Waals surface area contributed by atoms with Gasteiger partial charge < -0.3 is 10.0 Å². The topological polar surface area (TPSA) is 60.9 Å². The number of rotatable bonds is 5. The highest BCUT2D eigenvalue weighted by Gasteiger charge is 2.34. The number of hydrogen-bond acceptors (Lipinski definition) is 3. The quantitative estimate of drug-likeness (QED) is 0.756. The predicted octanol–water partition coefficient (Wildman–Crippen LogP) is 0.404. The van der Waals surface area contributed by atoms with Crippen molar-refractivity contribution in [3.05, 3.63) is 0 Å². The van der Waals surface area contributed by atoms with E-state index in [1.165, 1.54) is 0 Å². The molecule has 0 aromatic carbocycles. The number of aliphatic carboxylic acids is 1. The Kier molecular flexibility index (Phi) is 3.66. The maximum Gasteiger partial charge on any atom is 0.317 e. The van der Waals surface area contributed by atoms with Gasteiger partial charge in [0, 0.05) is 26.1 Å². The van der Waals surface area contributed by atoms with Gasteiger partial charge in [-0.05, 0) is 31.7 Å². The predicted molar refractivity (Wildman–Crippen MR) is 62.6 cm³/mol. The second-order valence-electron chi connectivity index (χ2n) is 5.19. The normalized spacial score (nSPS) is 24.9. The summed E-state index contributed by atoms with van der Waals surface area (Å²) in [6.07, 6.45) is 3.26. The molecule has 1 heterocycles. The molecule has 0 radical (unpaired) electrons. The highest BCUT2D eigenvalue weighted by Crippen LogP contribution is 2.29. The third-order valence-corrected chi connectivity index (χ3v) is 3.58. The van der Waals surface area contributed by atoms with Crippen LogP contribution >= 0.6 is 0 Å². The second kappa shape index (κ2) is 5.04. The van der Waals surface area contributed by atoms with Crippen molar-refractivity contribution >= 4 is 11.9 Å². The minimum absolute atomic E-state index is 0.125. The van der Waals surface area contributed by atoms with E-state index >= 15 is 0 Å². The molecule has 1 amide bonds. The average molecular weight is 240 g/mol. The summed E-state index contributed by atoms with van der Waals surface area (Å²) in [7, 11) is 0. The first-order valence-electron chi connectivity index (χ1n) is 6.27. The van der Waals surface area contributed by atoms with Crippen LogP contribution < -0.4 is 0 Å². The molecular weight excluding hydrogens is 220 g/mol. The van der Waals surface area contributed by atoms with Crippen molar-refractivity contribution in [1.82, 2.24) is 9.80 Å². The Hall–Kier alpha value is -1.10. The van der Waals surface area contributed by atoms with Crippen LogP contribution in [-0.2, 0) is 9.59 Å². The standard InChI is InChI=1S/C12H20N2O3/c1-9(15)14(11-2-3-11)7-10-4-5-13(6-10)8-12(16)17/h10-11H,2-8H2,1H3,(H,16,17)/t10-/m0/s1. The maximum atomic E-state index is 11.5. The molecule has 96 valence electrons. The Morgan fingerprint density at radius 2 is 2.06 bits per heavy atom. The molecule has 2 aliphatic rings. The first-order chi connectivity index (χ1) is 8.06. The molecule has 1 aliphatic carbocycles.